The van der Waals surface area contributed by atoms with Crippen LogP contribution in [0.3, 0.4) is 0 Å². The summed E-state index contributed by atoms with van der Waals surface area (Å²) >= 11 is 0. The van der Waals surface area contributed by atoms with Crippen LogP contribution in [0.2, 0.25) is 0 Å². The average Bonchev–Trinajstić information content (AvgIpc) is 3.03. The zero-order chi connectivity index (χ0) is 20.4. The number of aromatic nitrogens is 3. The minimum atomic E-state index is -4.03. The van der Waals surface area contributed by atoms with Crippen molar-refractivity contribution in [3.63, 3.8) is 0 Å². The molecule has 0 fully saturated rings. The Labute approximate surface area is 158 Å². The standard InChI is InChI=1S/C17H24FN5O3S/c1-5-6-9-22(4)17(24)15-20-16(11(2)3)23(21-15)14-8-7-12(10-13(14)18)27(19,25)26/h7-8,10-11H,5-6,9H2,1-4H3,(H2,19,25,26). The van der Waals surface area contributed by atoms with Gasteiger partial charge >= 0.3 is 0 Å². The number of hydrogen-bond acceptors (Lipinski definition) is 5. The van der Waals surface area contributed by atoms with Gasteiger partial charge in [-0.2, -0.15) is 0 Å². The number of rotatable bonds is 7. The smallest absolute Gasteiger partial charge is 0.293 e. The second-order valence-corrected chi connectivity index (χ2v) is 8.16. The summed E-state index contributed by atoms with van der Waals surface area (Å²) in [6.07, 6.45) is 1.79. The van der Waals surface area contributed by atoms with Crippen molar-refractivity contribution in [1.29, 1.82) is 0 Å². The fraction of sp³-hybridized carbons (Fsp3) is 0.471. The molecule has 0 aliphatic carbocycles. The molecule has 2 aromatic rings. The van der Waals surface area contributed by atoms with Crippen LogP contribution in [-0.2, 0) is 10.0 Å². The van der Waals surface area contributed by atoms with Crippen molar-refractivity contribution in [2.24, 2.45) is 5.14 Å². The molecule has 2 rings (SSSR count). The molecule has 0 bridgehead atoms. The number of sulfonamides is 1. The van der Waals surface area contributed by atoms with E-state index in [0.717, 1.165) is 18.9 Å². The third-order valence-corrected chi connectivity index (χ3v) is 4.92. The van der Waals surface area contributed by atoms with E-state index in [9.17, 15) is 17.6 Å². The Bertz CT molecular complexity index is 940. The van der Waals surface area contributed by atoms with E-state index in [4.69, 9.17) is 5.14 Å². The van der Waals surface area contributed by atoms with E-state index in [2.05, 4.69) is 10.1 Å². The summed E-state index contributed by atoms with van der Waals surface area (Å²) in [6, 6.07) is 3.27. The Hall–Kier alpha value is -2.33. The highest BCUT2D eigenvalue weighted by Gasteiger charge is 2.23. The van der Waals surface area contributed by atoms with Crippen molar-refractivity contribution in [2.75, 3.05) is 13.6 Å². The van der Waals surface area contributed by atoms with Gasteiger partial charge in [0.05, 0.1) is 4.90 Å². The predicted octanol–water partition coefficient (Wildman–Crippen LogP) is 2.05. The fourth-order valence-electron chi connectivity index (χ4n) is 2.47. The van der Waals surface area contributed by atoms with Gasteiger partial charge < -0.3 is 4.90 Å². The van der Waals surface area contributed by atoms with Gasteiger partial charge in [0.15, 0.2) is 0 Å². The number of primary sulfonamides is 1. The topological polar surface area (TPSA) is 111 Å². The van der Waals surface area contributed by atoms with Crippen LogP contribution >= 0.6 is 0 Å². The Kier molecular flexibility index (Phi) is 6.32. The number of hydrogen-bond donors (Lipinski definition) is 1. The third-order valence-electron chi connectivity index (χ3n) is 4.01. The lowest BCUT2D eigenvalue weighted by Gasteiger charge is -2.14. The van der Waals surface area contributed by atoms with E-state index in [1.165, 1.54) is 21.7 Å². The van der Waals surface area contributed by atoms with E-state index >= 15 is 0 Å². The monoisotopic (exact) mass is 397 g/mol. The van der Waals surface area contributed by atoms with Crippen LogP contribution in [0.15, 0.2) is 23.1 Å². The van der Waals surface area contributed by atoms with Crippen LogP contribution in [0.1, 0.15) is 56.0 Å². The SMILES string of the molecule is CCCCN(C)C(=O)c1nc(C(C)C)n(-c2ccc(S(N)(=O)=O)cc2F)n1. The molecule has 0 radical (unpaired) electrons. The molecule has 0 atom stereocenters. The summed E-state index contributed by atoms with van der Waals surface area (Å²) in [6.45, 7) is 6.27. The molecule has 0 spiro atoms. The zero-order valence-electron chi connectivity index (χ0n) is 15.8. The molecule has 8 nitrogen and oxygen atoms in total. The minimum absolute atomic E-state index is 0.00568. The summed E-state index contributed by atoms with van der Waals surface area (Å²) in [5.41, 5.74) is -0.00568. The number of carbonyl (C=O) groups is 1. The van der Waals surface area contributed by atoms with Crippen LogP contribution in [0.4, 0.5) is 4.39 Å². The largest absolute Gasteiger partial charge is 0.339 e. The number of amides is 1. The molecule has 1 aromatic heterocycles. The molecule has 1 heterocycles. The Morgan fingerprint density at radius 1 is 1.37 bits per heavy atom. The molecule has 10 heteroatoms. The maximum atomic E-state index is 14.5. The molecule has 27 heavy (non-hydrogen) atoms. The van der Waals surface area contributed by atoms with E-state index in [-0.39, 0.29) is 28.2 Å². The van der Waals surface area contributed by atoms with Crippen molar-refractivity contribution in [1.82, 2.24) is 19.7 Å². The lowest BCUT2D eigenvalue weighted by atomic mass is 10.2. The first-order valence-electron chi connectivity index (χ1n) is 8.61. The summed E-state index contributed by atoms with van der Waals surface area (Å²) in [7, 11) is -2.36. The molecular weight excluding hydrogens is 373 g/mol. The van der Waals surface area contributed by atoms with Gasteiger partial charge in [0.2, 0.25) is 15.8 Å². The number of halogens is 1. The average molecular weight is 397 g/mol. The van der Waals surface area contributed by atoms with Gasteiger partial charge in [0.1, 0.15) is 17.3 Å². The van der Waals surface area contributed by atoms with Gasteiger partial charge in [-0.25, -0.2) is 27.6 Å². The number of benzene rings is 1. The molecule has 2 N–H and O–H groups in total. The van der Waals surface area contributed by atoms with Crippen LogP contribution in [0.25, 0.3) is 5.69 Å². The van der Waals surface area contributed by atoms with Gasteiger partial charge in [-0.05, 0) is 24.6 Å². The van der Waals surface area contributed by atoms with Crippen LogP contribution in [0.5, 0.6) is 0 Å². The highest BCUT2D eigenvalue weighted by atomic mass is 32.2. The first-order chi connectivity index (χ1) is 12.6. The quantitative estimate of drug-likeness (QED) is 0.769. The highest BCUT2D eigenvalue weighted by Crippen LogP contribution is 2.22. The van der Waals surface area contributed by atoms with Gasteiger partial charge in [0, 0.05) is 19.5 Å². The molecule has 148 valence electrons. The van der Waals surface area contributed by atoms with Gasteiger partial charge in [-0.15, -0.1) is 5.10 Å². The Balaban J connectivity index is 2.48. The molecule has 1 amide bonds. The van der Waals surface area contributed by atoms with Gasteiger partial charge in [-0.3, -0.25) is 4.79 Å². The van der Waals surface area contributed by atoms with E-state index in [1.807, 2.05) is 20.8 Å². The summed E-state index contributed by atoms with van der Waals surface area (Å²) in [5.74, 6) is -0.966. The molecule has 0 saturated carbocycles. The lowest BCUT2D eigenvalue weighted by molar-refractivity contribution is 0.0781. The zero-order valence-corrected chi connectivity index (χ0v) is 16.6. The first-order valence-corrected chi connectivity index (χ1v) is 10.2. The maximum Gasteiger partial charge on any atom is 0.293 e. The maximum absolute atomic E-state index is 14.5. The van der Waals surface area contributed by atoms with Crippen molar-refractivity contribution in [3.8, 4) is 5.69 Å². The first kappa shape index (κ1) is 21.0. The van der Waals surface area contributed by atoms with E-state index < -0.39 is 15.8 Å². The summed E-state index contributed by atoms with van der Waals surface area (Å²) in [5, 5.41) is 9.21. The molecule has 0 saturated heterocycles. The van der Waals surface area contributed by atoms with Gasteiger partial charge in [-0.1, -0.05) is 27.2 Å². The molecule has 0 aliphatic rings. The van der Waals surface area contributed by atoms with Crippen molar-refractivity contribution in [2.45, 2.75) is 44.4 Å². The van der Waals surface area contributed by atoms with E-state index in [1.54, 1.807) is 7.05 Å². The molecule has 0 unspecified atom stereocenters. The van der Waals surface area contributed by atoms with E-state index in [0.29, 0.717) is 12.4 Å². The van der Waals surface area contributed by atoms with Crippen LogP contribution < -0.4 is 5.14 Å². The third kappa shape index (κ3) is 4.69. The number of nitrogens with two attached hydrogens (primary N) is 1. The highest BCUT2D eigenvalue weighted by molar-refractivity contribution is 7.89. The molecule has 1 aromatic carbocycles. The normalized spacial score (nSPS) is 11.8. The fourth-order valence-corrected chi connectivity index (χ4v) is 3.00. The van der Waals surface area contributed by atoms with Crippen LogP contribution in [0, 0.1) is 5.82 Å². The van der Waals surface area contributed by atoms with Crippen molar-refractivity contribution in [3.05, 3.63) is 35.7 Å². The van der Waals surface area contributed by atoms with Gasteiger partial charge in [0.25, 0.3) is 5.91 Å². The number of carbonyl (C=O) groups excluding carboxylic acids is 1. The second kappa shape index (κ2) is 8.13. The molecular formula is C17H24FN5O3S. The summed E-state index contributed by atoms with van der Waals surface area (Å²) < 4.78 is 38.5. The predicted molar refractivity (Wildman–Crippen MR) is 98.6 cm³/mol. The molecule has 0 aliphatic heterocycles. The summed E-state index contributed by atoms with van der Waals surface area (Å²) in [4.78, 5) is 18.0. The lowest BCUT2D eigenvalue weighted by Crippen LogP contribution is -2.28. The number of unbranched alkanes of at least 4 members (excludes halogenated alkanes) is 1. The Morgan fingerprint density at radius 2 is 2.04 bits per heavy atom. The van der Waals surface area contributed by atoms with Crippen molar-refractivity contribution < 1.29 is 17.6 Å². The van der Waals surface area contributed by atoms with Crippen molar-refractivity contribution >= 4 is 15.9 Å². The minimum Gasteiger partial charge on any atom is -0.339 e. The van der Waals surface area contributed by atoms with Crippen LogP contribution in [-0.4, -0.2) is 47.6 Å². The Morgan fingerprint density at radius 3 is 2.56 bits per heavy atom. The second-order valence-electron chi connectivity index (χ2n) is 6.60. The number of nitrogens with zero attached hydrogens (tertiary/aromatic N) is 4.